The zero-order valence-corrected chi connectivity index (χ0v) is 15.5. The fourth-order valence-electron chi connectivity index (χ4n) is 3.08. The van der Waals surface area contributed by atoms with E-state index in [0.29, 0.717) is 35.2 Å². The molecule has 138 valence electrons. The molecule has 1 aliphatic rings. The average Bonchev–Trinajstić information content (AvgIpc) is 3.18. The Morgan fingerprint density at radius 3 is 2.81 bits per heavy atom. The Morgan fingerprint density at radius 1 is 1.38 bits per heavy atom. The predicted molar refractivity (Wildman–Crippen MR) is 98.2 cm³/mol. The molecule has 2 aromatic rings. The van der Waals surface area contributed by atoms with Crippen LogP contribution < -0.4 is 5.32 Å². The second-order valence-corrected chi connectivity index (χ2v) is 7.33. The standard InChI is InChI=1S/C18H21N3O4S/c1-12-15(16(23)25-2)26-17(19-12)20-14(22)10-21-9-8-18(24,11-21)13-6-4-3-5-7-13/h3-7,24H,8-11H2,1-2H3,(H,19,20,22)/t18-/m0/s1. The molecule has 0 bridgehead atoms. The van der Waals surface area contributed by atoms with E-state index in [9.17, 15) is 14.7 Å². The van der Waals surface area contributed by atoms with Crippen molar-refractivity contribution in [2.45, 2.75) is 18.9 Å². The Morgan fingerprint density at radius 2 is 2.12 bits per heavy atom. The smallest absolute Gasteiger partial charge is 0.350 e. The van der Waals surface area contributed by atoms with Crippen LogP contribution in [0.4, 0.5) is 5.13 Å². The number of β-amino-alcohol motifs (C(OH)–C–C–N with tert-alkyl or cyclic N) is 1. The highest BCUT2D eigenvalue weighted by molar-refractivity contribution is 7.17. The van der Waals surface area contributed by atoms with E-state index < -0.39 is 11.6 Å². The van der Waals surface area contributed by atoms with Crippen molar-refractivity contribution in [1.29, 1.82) is 0 Å². The molecule has 1 saturated heterocycles. The third-order valence-electron chi connectivity index (χ3n) is 4.42. The van der Waals surface area contributed by atoms with Crippen LogP contribution in [-0.4, -0.2) is 53.6 Å². The lowest BCUT2D eigenvalue weighted by Crippen LogP contribution is -2.35. The minimum Gasteiger partial charge on any atom is -0.465 e. The fourth-order valence-corrected chi connectivity index (χ4v) is 3.98. The van der Waals surface area contributed by atoms with Gasteiger partial charge in [-0.2, -0.15) is 0 Å². The zero-order valence-electron chi connectivity index (χ0n) is 14.7. The Hall–Kier alpha value is -2.29. The van der Waals surface area contributed by atoms with Crippen LogP contribution in [0.1, 0.15) is 27.3 Å². The first-order valence-corrected chi connectivity index (χ1v) is 9.09. The Kier molecular flexibility index (Phi) is 5.36. The maximum absolute atomic E-state index is 12.3. The van der Waals surface area contributed by atoms with Crippen molar-refractivity contribution < 1.29 is 19.4 Å². The number of aromatic nitrogens is 1. The lowest BCUT2D eigenvalue weighted by Gasteiger charge is -2.23. The number of hydrogen-bond acceptors (Lipinski definition) is 7. The lowest BCUT2D eigenvalue weighted by atomic mass is 9.93. The first-order chi connectivity index (χ1) is 12.4. The van der Waals surface area contributed by atoms with E-state index in [-0.39, 0.29) is 12.5 Å². The molecule has 1 aliphatic heterocycles. The van der Waals surface area contributed by atoms with Crippen molar-refractivity contribution in [1.82, 2.24) is 9.88 Å². The largest absolute Gasteiger partial charge is 0.465 e. The number of benzene rings is 1. The van der Waals surface area contributed by atoms with E-state index in [1.54, 1.807) is 6.92 Å². The number of aryl methyl sites for hydroxylation is 1. The highest BCUT2D eigenvalue weighted by Gasteiger charge is 2.38. The van der Waals surface area contributed by atoms with Gasteiger partial charge in [0.2, 0.25) is 5.91 Å². The van der Waals surface area contributed by atoms with Gasteiger partial charge in [-0.05, 0) is 18.9 Å². The topological polar surface area (TPSA) is 91.8 Å². The number of hydrogen-bond donors (Lipinski definition) is 2. The van der Waals surface area contributed by atoms with Gasteiger partial charge in [0.1, 0.15) is 10.5 Å². The molecule has 2 heterocycles. The molecule has 2 N–H and O–H groups in total. The van der Waals surface area contributed by atoms with Gasteiger partial charge in [-0.25, -0.2) is 9.78 Å². The van der Waals surface area contributed by atoms with Gasteiger partial charge < -0.3 is 15.2 Å². The second-order valence-electron chi connectivity index (χ2n) is 6.33. The third-order valence-corrected chi connectivity index (χ3v) is 5.47. The van der Waals surface area contributed by atoms with Gasteiger partial charge in [0.05, 0.1) is 19.3 Å². The van der Waals surface area contributed by atoms with Gasteiger partial charge in [-0.3, -0.25) is 9.69 Å². The molecule has 7 nitrogen and oxygen atoms in total. The molecule has 26 heavy (non-hydrogen) atoms. The van der Waals surface area contributed by atoms with Crippen molar-refractivity contribution in [3.8, 4) is 0 Å². The summed E-state index contributed by atoms with van der Waals surface area (Å²) in [6.45, 7) is 2.87. The van der Waals surface area contributed by atoms with Gasteiger partial charge in [0.15, 0.2) is 5.13 Å². The van der Waals surface area contributed by atoms with E-state index in [2.05, 4.69) is 10.3 Å². The number of carbonyl (C=O) groups excluding carboxylic acids is 2. The Labute approximate surface area is 155 Å². The monoisotopic (exact) mass is 375 g/mol. The lowest BCUT2D eigenvalue weighted by molar-refractivity contribution is -0.117. The van der Waals surface area contributed by atoms with Crippen LogP contribution in [0.3, 0.4) is 0 Å². The number of thiazole rings is 1. The number of nitrogens with zero attached hydrogens (tertiary/aromatic N) is 2. The van der Waals surface area contributed by atoms with Crippen LogP contribution in [0, 0.1) is 6.92 Å². The molecule has 1 amide bonds. The molecular weight excluding hydrogens is 354 g/mol. The summed E-state index contributed by atoms with van der Waals surface area (Å²) in [6, 6.07) is 9.50. The SMILES string of the molecule is COC(=O)c1sc(NC(=O)CN2CC[C@@](O)(c3ccccc3)C2)nc1C. The number of nitrogens with one attached hydrogen (secondary N) is 1. The van der Waals surface area contributed by atoms with Gasteiger partial charge in [-0.15, -0.1) is 0 Å². The summed E-state index contributed by atoms with van der Waals surface area (Å²) in [5.41, 5.74) is 0.454. The van der Waals surface area contributed by atoms with Crippen LogP contribution in [0.2, 0.25) is 0 Å². The number of esters is 1. The van der Waals surface area contributed by atoms with Gasteiger partial charge in [0, 0.05) is 13.1 Å². The molecule has 0 saturated carbocycles. The van der Waals surface area contributed by atoms with E-state index in [4.69, 9.17) is 4.74 Å². The number of aliphatic hydroxyl groups is 1. The number of carbonyl (C=O) groups is 2. The normalized spacial score (nSPS) is 20.1. The highest BCUT2D eigenvalue weighted by Crippen LogP contribution is 2.31. The summed E-state index contributed by atoms with van der Waals surface area (Å²) in [4.78, 5) is 30.4. The van der Waals surface area contributed by atoms with Crippen molar-refractivity contribution in [3.05, 3.63) is 46.5 Å². The quantitative estimate of drug-likeness (QED) is 0.774. The molecule has 3 rings (SSSR count). The third kappa shape index (κ3) is 3.92. The Bertz CT molecular complexity index is 808. The van der Waals surface area contributed by atoms with E-state index >= 15 is 0 Å². The first-order valence-electron chi connectivity index (χ1n) is 8.27. The van der Waals surface area contributed by atoms with E-state index in [1.807, 2.05) is 35.2 Å². The minimum absolute atomic E-state index is 0.154. The number of ether oxygens (including phenoxy) is 1. The molecule has 8 heteroatoms. The van der Waals surface area contributed by atoms with Gasteiger partial charge >= 0.3 is 5.97 Å². The summed E-state index contributed by atoms with van der Waals surface area (Å²) >= 11 is 1.09. The van der Waals surface area contributed by atoms with Crippen LogP contribution in [0.25, 0.3) is 0 Å². The van der Waals surface area contributed by atoms with Crippen molar-refractivity contribution in [2.24, 2.45) is 0 Å². The maximum atomic E-state index is 12.3. The number of amides is 1. The molecule has 1 aromatic carbocycles. The number of methoxy groups -OCH3 is 1. The van der Waals surface area contributed by atoms with Gasteiger partial charge in [-0.1, -0.05) is 41.7 Å². The van der Waals surface area contributed by atoms with Crippen molar-refractivity contribution in [3.63, 3.8) is 0 Å². The summed E-state index contributed by atoms with van der Waals surface area (Å²) in [6.07, 6.45) is 0.577. The molecule has 1 atom stereocenters. The first kappa shape index (κ1) is 18.5. The Balaban J connectivity index is 1.59. The molecule has 0 spiro atoms. The summed E-state index contributed by atoms with van der Waals surface area (Å²) in [5, 5.41) is 13.9. The average molecular weight is 375 g/mol. The highest BCUT2D eigenvalue weighted by atomic mass is 32.1. The number of rotatable bonds is 5. The molecule has 1 fully saturated rings. The number of anilines is 1. The molecular formula is C18H21N3O4S. The van der Waals surface area contributed by atoms with Crippen LogP contribution in [-0.2, 0) is 15.1 Å². The summed E-state index contributed by atoms with van der Waals surface area (Å²) in [5.74, 6) is -0.694. The second kappa shape index (κ2) is 7.53. The fraction of sp³-hybridized carbons (Fsp3) is 0.389. The summed E-state index contributed by atoms with van der Waals surface area (Å²) < 4.78 is 4.69. The predicted octanol–water partition coefficient (Wildman–Crippen LogP) is 1.77. The molecule has 1 aromatic heterocycles. The van der Waals surface area contributed by atoms with Crippen LogP contribution in [0.5, 0.6) is 0 Å². The maximum Gasteiger partial charge on any atom is 0.350 e. The van der Waals surface area contributed by atoms with Crippen molar-refractivity contribution in [2.75, 3.05) is 32.1 Å². The van der Waals surface area contributed by atoms with Crippen LogP contribution >= 0.6 is 11.3 Å². The minimum atomic E-state index is -0.933. The number of likely N-dealkylation sites (tertiary alicyclic amines) is 1. The van der Waals surface area contributed by atoms with E-state index in [0.717, 1.165) is 16.9 Å². The molecule has 0 unspecified atom stereocenters. The molecule has 0 radical (unpaired) electrons. The van der Waals surface area contributed by atoms with Gasteiger partial charge in [0.25, 0.3) is 0 Å². The van der Waals surface area contributed by atoms with Crippen LogP contribution in [0.15, 0.2) is 30.3 Å². The van der Waals surface area contributed by atoms with E-state index in [1.165, 1.54) is 7.11 Å². The van der Waals surface area contributed by atoms with Crippen molar-refractivity contribution >= 4 is 28.3 Å². The zero-order chi connectivity index (χ0) is 18.7. The molecule has 0 aliphatic carbocycles. The summed E-state index contributed by atoms with van der Waals surface area (Å²) in [7, 11) is 1.31.